The van der Waals surface area contributed by atoms with Crippen LogP contribution in [-0.4, -0.2) is 28.3 Å². The van der Waals surface area contributed by atoms with E-state index in [9.17, 15) is 19.1 Å². The number of aliphatic hydroxyl groups is 1. The minimum Gasteiger partial charge on any atom is -0.481 e. The summed E-state index contributed by atoms with van der Waals surface area (Å²) in [7, 11) is 0. The minimum absolute atomic E-state index is 0.208. The topological polar surface area (TPSA) is 86.6 Å². The van der Waals surface area contributed by atoms with Crippen molar-refractivity contribution in [2.24, 2.45) is 11.8 Å². The van der Waals surface area contributed by atoms with Crippen LogP contribution in [0.25, 0.3) is 0 Å². The molecule has 1 aliphatic heterocycles. The lowest BCUT2D eigenvalue weighted by Crippen LogP contribution is -2.50. The Kier molecular flexibility index (Phi) is 4.04. The van der Waals surface area contributed by atoms with Crippen molar-refractivity contribution in [3.63, 3.8) is 0 Å². The molecule has 0 saturated carbocycles. The van der Waals surface area contributed by atoms with Gasteiger partial charge in [0.25, 0.3) is 0 Å². The molecule has 4 atom stereocenters. The number of halogens is 1. The minimum atomic E-state index is -1.08. The number of aliphatic hydroxyl groups excluding tert-OH is 1. The Labute approximate surface area is 115 Å². The van der Waals surface area contributed by atoms with Crippen LogP contribution in [-0.2, 0) is 9.59 Å². The molecule has 1 aliphatic rings. The highest BCUT2D eigenvalue weighted by atomic mass is 19.1. The Bertz CT molecular complexity index is 516. The molecule has 0 spiro atoms. The van der Waals surface area contributed by atoms with Gasteiger partial charge in [-0.1, -0.05) is 19.1 Å². The van der Waals surface area contributed by atoms with E-state index in [1.165, 1.54) is 31.2 Å². The molecule has 5 nitrogen and oxygen atoms in total. The molecular weight excluding hydrogens is 265 g/mol. The zero-order valence-corrected chi connectivity index (χ0v) is 10.9. The largest absolute Gasteiger partial charge is 0.481 e. The van der Waals surface area contributed by atoms with Gasteiger partial charge in [-0.25, -0.2) is 4.39 Å². The van der Waals surface area contributed by atoms with Gasteiger partial charge in [0.05, 0.1) is 11.8 Å². The first-order valence-electron chi connectivity index (χ1n) is 6.37. The Morgan fingerprint density at radius 3 is 2.55 bits per heavy atom. The van der Waals surface area contributed by atoms with E-state index in [-0.39, 0.29) is 6.42 Å². The number of hydrogen-bond donors (Lipinski definition) is 3. The summed E-state index contributed by atoms with van der Waals surface area (Å²) in [5.74, 6) is -4.11. The average molecular weight is 281 g/mol. The molecule has 20 heavy (non-hydrogen) atoms. The maximum Gasteiger partial charge on any atom is 0.307 e. The van der Waals surface area contributed by atoms with Crippen molar-refractivity contribution in [1.82, 2.24) is 5.32 Å². The molecule has 0 aromatic heterocycles. The van der Waals surface area contributed by atoms with Crippen molar-refractivity contribution >= 4 is 11.9 Å². The molecule has 1 aromatic rings. The monoisotopic (exact) mass is 281 g/mol. The molecule has 3 N–H and O–H groups in total. The lowest BCUT2D eigenvalue weighted by molar-refractivity contribution is -0.150. The normalized spacial score (nSPS) is 27.8. The van der Waals surface area contributed by atoms with E-state index >= 15 is 0 Å². The zero-order valence-electron chi connectivity index (χ0n) is 10.9. The number of piperidine rings is 1. The number of amides is 1. The summed E-state index contributed by atoms with van der Waals surface area (Å²) in [4.78, 5) is 23.1. The van der Waals surface area contributed by atoms with Crippen LogP contribution in [0.4, 0.5) is 4.39 Å². The van der Waals surface area contributed by atoms with Crippen molar-refractivity contribution < 1.29 is 24.2 Å². The van der Waals surface area contributed by atoms with Crippen LogP contribution in [0, 0.1) is 17.7 Å². The van der Waals surface area contributed by atoms with Crippen LogP contribution in [0.1, 0.15) is 24.8 Å². The summed E-state index contributed by atoms with van der Waals surface area (Å²) >= 11 is 0. The summed E-state index contributed by atoms with van der Waals surface area (Å²) in [6.07, 6.45) is -0.811. The fraction of sp³-hybridized carbons (Fsp3) is 0.429. The number of carbonyl (C=O) groups excluding carboxylic acids is 1. The fourth-order valence-corrected chi connectivity index (χ4v) is 2.67. The number of nitrogens with one attached hydrogen (secondary N) is 1. The molecule has 108 valence electrons. The van der Waals surface area contributed by atoms with Crippen LogP contribution < -0.4 is 5.32 Å². The summed E-state index contributed by atoms with van der Waals surface area (Å²) in [5, 5.41) is 21.1. The Hall–Kier alpha value is -1.95. The van der Waals surface area contributed by atoms with Crippen molar-refractivity contribution in [3.8, 4) is 0 Å². The van der Waals surface area contributed by atoms with E-state index in [0.717, 1.165) is 0 Å². The number of benzene rings is 1. The first-order chi connectivity index (χ1) is 9.40. The molecule has 0 radical (unpaired) electrons. The smallest absolute Gasteiger partial charge is 0.307 e. The maximum atomic E-state index is 13.0. The third kappa shape index (κ3) is 2.80. The van der Waals surface area contributed by atoms with Gasteiger partial charge < -0.3 is 15.5 Å². The number of carboxylic acid groups (broad SMARTS) is 1. The summed E-state index contributed by atoms with van der Waals surface area (Å²) < 4.78 is 13.0. The number of rotatable bonds is 3. The molecule has 2 rings (SSSR count). The predicted molar refractivity (Wildman–Crippen MR) is 68.2 cm³/mol. The highest BCUT2D eigenvalue weighted by molar-refractivity contribution is 5.86. The van der Waals surface area contributed by atoms with Crippen LogP contribution in [0.2, 0.25) is 0 Å². The number of carbonyl (C=O) groups is 2. The summed E-state index contributed by atoms with van der Waals surface area (Å²) in [6, 6.07) is 5.56. The molecule has 4 unspecified atom stereocenters. The standard InChI is InChI=1S/C14H16FNO4/c1-7(14(19)20)12-10(6-11(17)16-13(12)18)8-2-4-9(15)5-3-8/h2-5,7,10-12,17H,6H2,1H3,(H,16,18)(H,19,20). The Morgan fingerprint density at radius 2 is 2.00 bits per heavy atom. The second-order valence-corrected chi connectivity index (χ2v) is 5.07. The number of aliphatic carboxylic acids is 1. The molecule has 1 aromatic carbocycles. The lowest BCUT2D eigenvalue weighted by atomic mass is 9.74. The van der Waals surface area contributed by atoms with Crippen LogP contribution in [0.5, 0.6) is 0 Å². The van der Waals surface area contributed by atoms with E-state index in [1.54, 1.807) is 0 Å². The molecule has 6 heteroatoms. The molecule has 1 heterocycles. The second kappa shape index (κ2) is 5.58. The van der Waals surface area contributed by atoms with Crippen LogP contribution in [0.3, 0.4) is 0 Å². The SMILES string of the molecule is CC(C(=O)O)C1C(=O)NC(O)CC1c1ccc(F)cc1. The van der Waals surface area contributed by atoms with E-state index in [2.05, 4.69) is 5.32 Å². The Morgan fingerprint density at radius 1 is 1.40 bits per heavy atom. The van der Waals surface area contributed by atoms with Crippen molar-refractivity contribution in [2.75, 3.05) is 0 Å². The van der Waals surface area contributed by atoms with E-state index in [0.29, 0.717) is 5.56 Å². The zero-order chi connectivity index (χ0) is 14.9. The third-order valence-electron chi connectivity index (χ3n) is 3.75. The van der Waals surface area contributed by atoms with E-state index < -0.39 is 41.7 Å². The van der Waals surface area contributed by atoms with Crippen molar-refractivity contribution in [3.05, 3.63) is 35.6 Å². The fourth-order valence-electron chi connectivity index (χ4n) is 2.67. The van der Waals surface area contributed by atoms with Gasteiger partial charge >= 0.3 is 5.97 Å². The van der Waals surface area contributed by atoms with Gasteiger partial charge in [-0.15, -0.1) is 0 Å². The number of carboxylic acids is 1. The highest BCUT2D eigenvalue weighted by Gasteiger charge is 2.42. The van der Waals surface area contributed by atoms with Gasteiger partial charge in [-0.2, -0.15) is 0 Å². The molecule has 1 amide bonds. The first-order valence-corrected chi connectivity index (χ1v) is 6.37. The van der Waals surface area contributed by atoms with Gasteiger partial charge in [0.1, 0.15) is 12.0 Å². The van der Waals surface area contributed by atoms with Crippen LogP contribution >= 0.6 is 0 Å². The molecule has 1 saturated heterocycles. The van der Waals surface area contributed by atoms with Crippen LogP contribution in [0.15, 0.2) is 24.3 Å². The van der Waals surface area contributed by atoms with Gasteiger partial charge in [-0.3, -0.25) is 9.59 Å². The second-order valence-electron chi connectivity index (χ2n) is 5.07. The van der Waals surface area contributed by atoms with Gasteiger partial charge in [-0.05, 0) is 24.1 Å². The Balaban J connectivity index is 2.36. The van der Waals surface area contributed by atoms with E-state index in [4.69, 9.17) is 5.11 Å². The number of hydrogen-bond acceptors (Lipinski definition) is 3. The molecule has 1 fully saturated rings. The quantitative estimate of drug-likeness (QED) is 0.774. The van der Waals surface area contributed by atoms with Gasteiger partial charge in [0, 0.05) is 5.92 Å². The summed E-state index contributed by atoms with van der Waals surface area (Å²) in [5.41, 5.74) is 0.651. The predicted octanol–water partition coefficient (Wildman–Crippen LogP) is 1.08. The maximum absolute atomic E-state index is 13.0. The average Bonchev–Trinajstić information content (AvgIpc) is 2.38. The van der Waals surface area contributed by atoms with Gasteiger partial charge in [0.15, 0.2) is 0 Å². The molecule has 0 aliphatic carbocycles. The first kappa shape index (κ1) is 14.5. The van der Waals surface area contributed by atoms with Crippen molar-refractivity contribution in [2.45, 2.75) is 25.5 Å². The molecular formula is C14H16FNO4. The van der Waals surface area contributed by atoms with Gasteiger partial charge in [0.2, 0.25) is 5.91 Å². The molecule has 0 bridgehead atoms. The lowest BCUT2D eigenvalue weighted by Gasteiger charge is -2.36. The van der Waals surface area contributed by atoms with E-state index in [1.807, 2.05) is 0 Å². The summed E-state index contributed by atoms with van der Waals surface area (Å²) in [6.45, 7) is 1.46. The van der Waals surface area contributed by atoms with Crippen molar-refractivity contribution in [1.29, 1.82) is 0 Å². The third-order valence-corrected chi connectivity index (χ3v) is 3.75. The highest BCUT2D eigenvalue weighted by Crippen LogP contribution is 2.37.